The summed E-state index contributed by atoms with van der Waals surface area (Å²) in [5, 5.41) is 14.5. The monoisotopic (exact) mass is 264 g/mol. The van der Waals surface area contributed by atoms with Gasteiger partial charge in [-0.3, -0.25) is 10.1 Å². The zero-order valence-corrected chi connectivity index (χ0v) is 11.4. The van der Waals surface area contributed by atoms with Crippen molar-refractivity contribution in [2.24, 2.45) is 0 Å². The fourth-order valence-electron chi connectivity index (χ4n) is 2.46. The minimum Gasteiger partial charge on any atom is -0.352 e. The number of aryl methyl sites for hydroxylation is 1. The van der Waals surface area contributed by atoms with Crippen molar-refractivity contribution in [1.29, 1.82) is 0 Å². The van der Waals surface area contributed by atoms with Gasteiger partial charge in [-0.1, -0.05) is 6.42 Å². The van der Waals surface area contributed by atoms with E-state index in [1.165, 1.54) is 18.9 Å². The molecule has 1 aliphatic rings. The number of likely N-dealkylation sites (N-methyl/N-ethyl adjacent to an activating group) is 1. The number of aromatic nitrogens is 1. The van der Waals surface area contributed by atoms with Crippen LogP contribution in [-0.4, -0.2) is 36.1 Å². The van der Waals surface area contributed by atoms with Crippen LogP contribution in [0.4, 0.5) is 11.5 Å². The summed E-state index contributed by atoms with van der Waals surface area (Å²) < 4.78 is 0. The number of piperidine rings is 1. The molecule has 2 heterocycles. The Hall–Kier alpha value is -1.69. The molecule has 1 N–H and O–H groups in total. The van der Waals surface area contributed by atoms with Gasteiger partial charge in [-0.2, -0.15) is 0 Å². The maximum atomic E-state index is 11.1. The van der Waals surface area contributed by atoms with E-state index in [4.69, 9.17) is 0 Å². The van der Waals surface area contributed by atoms with Crippen molar-refractivity contribution in [1.82, 2.24) is 10.3 Å². The first-order chi connectivity index (χ1) is 9.08. The molecular weight excluding hydrogens is 244 g/mol. The Kier molecular flexibility index (Phi) is 4.31. The zero-order chi connectivity index (χ0) is 13.8. The van der Waals surface area contributed by atoms with Crippen LogP contribution in [0.25, 0.3) is 0 Å². The third-order valence-electron chi connectivity index (χ3n) is 3.46. The highest BCUT2D eigenvalue weighted by Gasteiger charge is 2.22. The van der Waals surface area contributed by atoms with Gasteiger partial charge in [0.1, 0.15) is 0 Å². The number of hydrogen-bond acceptors (Lipinski definition) is 5. The average Bonchev–Trinajstić information content (AvgIpc) is 2.39. The van der Waals surface area contributed by atoms with Crippen LogP contribution in [0.5, 0.6) is 0 Å². The highest BCUT2D eigenvalue weighted by Crippen LogP contribution is 2.25. The molecule has 1 atom stereocenters. The van der Waals surface area contributed by atoms with E-state index in [9.17, 15) is 10.1 Å². The molecule has 0 saturated carbocycles. The van der Waals surface area contributed by atoms with Crippen LogP contribution in [0.1, 0.15) is 25.0 Å². The van der Waals surface area contributed by atoms with E-state index in [1.54, 1.807) is 6.07 Å². The molecule has 6 nitrogen and oxygen atoms in total. The molecule has 1 fully saturated rings. The Morgan fingerprint density at radius 3 is 2.95 bits per heavy atom. The van der Waals surface area contributed by atoms with Crippen molar-refractivity contribution in [3.63, 3.8) is 0 Å². The Morgan fingerprint density at radius 1 is 1.53 bits per heavy atom. The van der Waals surface area contributed by atoms with Crippen LogP contribution < -0.4 is 10.2 Å². The largest absolute Gasteiger partial charge is 0.352 e. The van der Waals surface area contributed by atoms with E-state index < -0.39 is 0 Å². The lowest BCUT2D eigenvalue weighted by atomic mass is 10.0. The first kappa shape index (κ1) is 13.7. The van der Waals surface area contributed by atoms with Gasteiger partial charge in [0.15, 0.2) is 0 Å². The van der Waals surface area contributed by atoms with Crippen LogP contribution in [0.3, 0.4) is 0 Å². The summed E-state index contributed by atoms with van der Waals surface area (Å²) >= 11 is 0. The molecule has 6 heteroatoms. The summed E-state index contributed by atoms with van der Waals surface area (Å²) in [6, 6.07) is 3.59. The predicted molar refractivity (Wildman–Crippen MR) is 74.5 cm³/mol. The third-order valence-corrected chi connectivity index (χ3v) is 3.46. The molecule has 0 bridgehead atoms. The number of nitro groups is 1. The van der Waals surface area contributed by atoms with Crippen molar-refractivity contribution < 1.29 is 4.92 Å². The molecule has 19 heavy (non-hydrogen) atoms. The van der Waals surface area contributed by atoms with Crippen molar-refractivity contribution in [2.45, 2.75) is 32.2 Å². The van der Waals surface area contributed by atoms with Gasteiger partial charge in [0.05, 0.1) is 4.92 Å². The van der Waals surface area contributed by atoms with E-state index in [-0.39, 0.29) is 10.6 Å². The van der Waals surface area contributed by atoms with Gasteiger partial charge >= 0.3 is 5.69 Å². The van der Waals surface area contributed by atoms with Crippen molar-refractivity contribution in [3.05, 3.63) is 27.9 Å². The topological polar surface area (TPSA) is 71.3 Å². The molecular formula is C13H20N4O2. The number of hydrogen-bond donors (Lipinski definition) is 1. The van der Waals surface area contributed by atoms with E-state index >= 15 is 0 Å². The standard InChI is InChI=1S/C13H20N4O2/c1-10-6-7-12(17(18)19)13(15-10)16(2)9-11-5-3-4-8-14-11/h6-7,11,14H,3-5,8-9H2,1-2H3. The Balaban J connectivity index is 2.14. The van der Waals surface area contributed by atoms with Gasteiger partial charge in [0.2, 0.25) is 5.82 Å². The van der Waals surface area contributed by atoms with E-state index in [2.05, 4.69) is 10.3 Å². The lowest BCUT2D eigenvalue weighted by molar-refractivity contribution is -0.384. The van der Waals surface area contributed by atoms with Crippen LogP contribution in [-0.2, 0) is 0 Å². The summed E-state index contributed by atoms with van der Waals surface area (Å²) in [5.74, 6) is 0.456. The molecule has 104 valence electrons. The summed E-state index contributed by atoms with van der Waals surface area (Å²) in [6.45, 7) is 3.62. The van der Waals surface area contributed by atoms with Crippen molar-refractivity contribution >= 4 is 11.5 Å². The normalized spacial score (nSPS) is 19.2. The summed E-state index contributed by atoms with van der Waals surface area (Å²) in [6.07, 6.45) is 3.54. The minimum atomic E-state index is -0.368. The molecule has 0 aromatic carbocycles. The number of nitrogens with one attached hydrogen (secondary N) is 1. The minimum absolute atomic E-state index is 0.0731. The molecule has 1 saturated heterocycles. The smallest absolute Gasteiger partial charge is 0.311 e. The average molecular weight is 264 g/mol. The van der Waals surface area contributed by atoms with Crippen molar-refractivity contribution in [2.75, 3.05) is 25.0 Å². The second-order valence-electron chi connectivity index (χ2n) is 5.08. The summed E-state index contributed by atoms with van der Waals surface area (Å²) in [7, 11) is 1.87. The molecule has 2 rings (SSSR count). The van der Waals surface area contributed by atoms with Crippen LogP contribution >= 0.6 is 0 Å². The molecule has 1 aliphatic heterocycles. The number of nitrogens with zero attached hydrogens (tertiary/aromatic N) is 3. The molecule has 0 amide bonds. The molecule has 0 aliphatic carbocycles. The first-order valence-electron chi connectivity index (χ1n) is 6.64. The highest BCUT2D eigenvalue weighted by atomic mass is 16.6. The lowest BCUT2D eigenvalue weighted by Crippen LogP contribution is -2.42. The Labute approximate surface area is 113 Å². The quantitative estimate of drug-likeness (QED) is 0.664. The van der Waals surface area contributed by atoms with Crippen LogP contribution in [0.15, 0.2) is 12.1 Å². The number of rotatable bonds is 4. The fourth-order valence-corrected chi connectivity index (χ4v) is 2.46. The van der Waals surface area contributed by atoms with Crippen molar-refractivity contribution in [3.8, 4) is 0 Å². The van der Waals surface area contributed by atoms with Gasteiger partial charge in [0, 0.05) is 31.4 Å². The summed E-state index contributed by atoms with van der Waals surface area (Å²) in [4.78, 5) is 16.9. The van der Waals surface area contributed by atoms with E-state index in [1.807, 2.05) is 18.9 Å². The van der Waals surface area contributed by atoms with E-state index in [0.717, 1.165) is 25.2 Å². The molecule has 1 unspecified atom stereocenters. The fraction of sp³-hybridized carbons (Fsp3) is 0.615. The third kappa shape index (κ3) is 3.41. The van der Waals surface area contributed by atoms with Gasteiger partial charge in [-0.15, -0.1) is 0 Å². The predicted octanol–water partition coefficient (Wildman–Crippen LogP) is 1.88. The van der Waals surface area contributed by atoms with Gasteiger partial charge in [-0.25, -0.2) is 4.98 Å². The summed E-state index contributed by atoms with van der Waals surface area (Å²) in [5.41, 5.74) is 0.868. The molecule has 0 spiro atoms. The molecule has 0 radical (unpaired) electrons. The highest BCUT2D eigenvalue weighted by molar-refractivity contribution is 5.57. The Morgan fingerprint density at radius 2 is 2.32 bits per heavy atom. The van der Waals surface area contributed by atoms with Gasteiger partial charge in [-0.05, 0) is 32.4 Å². The second-order valence-corrected chi connectivity index (χ2v) is 5.08. The SMILES string of the molecule is Cc1ccc([N+](=O)[O-])c(N(C)CC2CCCCN2)n1. The number of anilines is 1. The Bertz CT molecular complexity index is 458. The van der Waals surface area contributed by atoms with Gasteiger partial charge < -0.3 is 10.2 Å². The lowest BCUT2D eigenvalue weighted by Gasteiger charge is -2.28. The maximum Gasteiger partial charge on any atom is 0.311 e. The van der Waals surface area contributed by atoms with E-state index in [0.29, 0.717) is 11.9 Å². The molecule has 1 aromatic heterocycles. The second kappa shape index (κ2) is 5.97. The van der Waals surface area contributed by atoms with Crippen LogP contribution in [0, 0.1) is 17.0 Å². The molecule has 1 aromatic rings. The number of pyridine rings is 1. The maximum absolute atomic E-state index is 11.1. The van der Waals surface area contributed by atoms with Gasteiger partial charge in [0.25, 0.3) is 0 Å². The van der Waals surface area contributed by atoms with Crippen LogP contribution in [0.2, 0.25) is 0 Å². The zero-order valence-electron chi connectivity index (χ0n) is 11.4. The first-order valence-corrected chi connectivity index (χ1v) is 6.64.